The van der Waals surface area contributed by atoms with Crippen molar-refractivity contribution < 1.29 is 4.79 Å². The summed E-state index contributed by atoms with van der Waals surface area (Å²) in [5.41, 5.74) is 4.20. The fraction of sp³-hybridized carbons (Fsp3) is 0.500. The van der Waals surface area contributed by atoms with Crippen LogP contribution in [0, 0.1) is 6.92 Å². The monoisotopic (exact) mass is 346 g/mol. The van der Waals surface area contributed by atoms with E-state index in [1.807, 2.05) is 11.3 Å². The zero-order valence-electron chi connectivity index (χ0n) is 13.5. The molecule has 0 bridgehead atoms. The molecule has 0 unspecified atom stereocenters. The molecule has 1 aliphatic carbocycles. The second-order valence-electron chi connectivity index (χ2n) is 6.54. The van der Waals surface area contributed by atoms with Crippen molar-refractivity contribution in [3.63, 3.8) is 0 Å². The Labute approximate surface area is 145 Å². The largest absolute Gasteiger partial charge is 0.316 e. The van der Waals surface area contributed by atoms with E-state index in [4.69, 9.17) is 0 Å². The quantitative estimate of drug-likeness (QED) is 0.911. The lowest BCUT2D eigenvalue weighted by Crippen LogP contribution is -2.36. The maximum atomic E-state index is 12.5. The molecule has 2 aliphatic rings. The van der Waals surface area contributed by atoms with Crippen molar-refractivity contribution in [3.8, 4) is 0 Å². The van der Waals surface area contributed by atoms with Gasteiger partial charge in [0, 0.05) is 22.8 Å². The number of hydrogen-bond acceptors (Lipinski definition) is 4. The molecule has 0 atom stereocenters. The SMILES string of the molecule is Cc1c(NC(=O)CN2CCc3sccc3C2)sc2c1CCCC2. The second kappa shape index (κ2) is 6.38. The maximum absolute atomic E-state index is 12.5. The Balaban J connectivity index is 1.40. The third-order valence-corrected chi connectivity index (χ3v) is 7.27. The third-order valence-electron chi connectivity index (χ3n) is 4.94. The van der Waals surface area contributed by atoms with Crippen LogP contribution in [0.3, 0.4) is 0 Å². The average molecular weight is 347 g/mol. The Morgan fingerprint density at radius 1 is 1.26 bits per heavy atom. The van der Waals surface area contributed by atoms with Gasteiger partial charge in [-0.25, -0.2) is 0 Å². The summed E-state index contributed by atoms with van der Waals surface area (Å²) in [4.78, 5) is 17.7. The summed E-state index contributed by atoms with van der Waals surface area (Å²) in [5, 5.41) is 6.41. The molecule has 1 amide bonds. The Bertz CT molecular complexity index is 731. The summed E-state index contributed by atoms with van der Waals surface area (Å²) < 4.78 is 0. The Morgan fingerprint density at radius 2 is 2.13 bits per heavy atom. The lowest BCUT2D eigenvalue weighted by Gasteiger charge is -2.26. The summed E-state index contributed by atoms with van der Waals surface area (Å²) in [6.07, 6.45) is 6.02. The van der Waals surface area contributed by atoms with Gasteiger partial charge in [0.05, 0.1) is 11.5 Å². The van der Waals surface area contributed by atoms with Gasteiger partial charge in [-0.1, -0.05) is 0 Å². The minimum absolute atomic E-state index is 0.130. The molecule has 4 rings (SSSR count). The number of rotatable bonds is 3. The van der Waals surface area contributed by atoms with E-state index in [1.165, 1.54) is 52.1 Å². The number of thiophene rings is 2. The van der Waals surface area contributed by atoms with Crippen molar-refractivity contribution in [2.75, 3.05) is 18.4 Å². The highest BCUT2D eigenvalue weighted by molar-refractivity contribution is 7.16. The van der Waals surface area contributed by atoms with Gasteiger partial charge in [-0.05, 0) is 67.2 Å². The zero-order valence-corrected chi connectivity index (χ0v) is 15.1. The number of nitrogens with zero attached hydrogens (tertiary/aromatic N) is 1. The van der Waals surface area contributed by atoms with E-state index in [-0.39, 0.29) is 5.91 Å². The predicted molar refractivity (Wildman–Crippen MR) is 97.6 cm³/mol. The number of nitrogens with one attached hydrogen (secondary N) is 1. The summed E-state index contributed by atoms with van der Waals surface area (Å²) in [7, 11) is 0. The van der Waals surface area contributed by atoms with E-state index in [0.29, 0.717) is 6.54 Å². The minimum Gasteiger partial charge on any atom is -0.316 e. The van der Waals surface area contributed by atoms with Gasteiger partial charge in [-0.3, -0.25) is 9.69 Å². The number of hydrogen-bond donors (Lipinski definition) is 1. The number of anilines is 1. The maximum Gasteiger partial charge on any atom is 0.239 e. The summed E-state index contributed by atoms with van der Waals surface area (Å²) in [6.45, 7) is 4.55. The first-order valence-electron chi connectivity index (χ1n) is 8.39. The van der Waals surface area contributed by atoms with E-state index in [9.17, 15) is 4.79 Å². The molecule has 0 aromatic carbocycles. The molecule has 5 heteroatoms. The van der Waals surface area contributed by atoms with E-state index < -0.39 is 0 Å². The van der Waals surface area contributed by atoms with Crippen molar-refractivity contribution in [3.05, 3.63) is 37.9 Å². The summed E-state index contributed by atoms with van der Waals surface area (Å²) in [5.74, 6) is 0.130. The van der Waals surface area contributed by atoms with Gasteiger partial charge in [0.15, 0.2) is 0 Å². The fourth-order valence-corrected chi connectivity index (χ4v) is 5.86. The first-order valence-corrected chi connectivity index (χ1v) is 10.1. The predicted octanol–water partition coefficient (Wildman–Crippen LogP) is 3.99. The standard InChI is InChI=1S/C18H22N2OS2/c1-12-14-4-2-3-5-16(14)23-18(12)19-17(21)11-20-8-6-15-13(10-20)7-9-22-15/h7,9H,2-6,8,10-11H2,1H3,(H,19,21). The van der Waals surface area contributed by atoms with Crippen LogP contribution < -0.4 is 5.32 Å². The molecule has 122 valence electrons. The van der Waals surface area contributed by atoms with Gasteiger partial charge >= 0.3 is 0 Å². The van der Waals surface area contributed by atoms with Gasteiger partial charge in [0.25, 0.3) is 0 Å². The second-order valence-corrected chi connectivity index (χ2v) is 8.65. The molecule has 0 radical (unpaired) electrons. The van der Waals surface area contributed by atoms with Crippen LogP contribution in [0.2, 0.25) is 0 Å². The van der Waals surface area contributed by atoms with Crippen molar-refractivity contribution in [2.24, 2.45) is 0 Å². The van der Waals surface area contributed by atoms with Gasteiger partial charge in [-0.2, -0.15) is 0 Å². The number of carbonyl (C=O) groups excluding carboxylic acids is 1. The van der Waals surface area contributed by atoms with E-state index in [0.717, 1.165) is 24.5 Å². The molecule has 23 heavy (non-hydrogen) atoms. The van der Waals surface area contributed by atoms with Crippen LogP contribution in [0.15, 0.2) is 11.4 Å². The Morgan fingerprint density at radius 3 is 3.00 bits per heavy atom. The van der Waals surface area contributed by atoms with Crippen LogP contribution >= 0.6 is 22.7 Å². The van der Waals surface area contributed by atoms with Crippen molar-refractivity contribution in [2.45, 2.75) is 45.6 Å². The molecule has 0 spiro atoms. The van der Waals surface area contributed by atoms with Crippen LogP contribution in [0.5, 0.6) is 0 Å². The van der Waals surface area contributed by atoms with Crippen molar-refractivity contribution in [1.29, 1.82) is 0 Å². The molecule has 3 nitrogen and oxygen atoms in total. The number of fused-ring (bicyclic) bond motifs is 2. The molecule has 3 heterocycles. The highest BCUT2D eigenvalue weighted by Crippen LogP contribution is 2.37. The lowest BCUT2D eigenvalue weighted by molar-refractivity contribution is -0.117. The molecule has 2 aromatic rings. The Hall–Kier alpha value is -1.17. The normalized spacial score (nSPS) is 17.6. The summed E-state index contributed by atoms with van der Waals surface area (Å²) >= 11 is 3.63. The van der Waals surface area contributed by atoms with E-state index in [2.05, 4.69) is 28.6 Å². The van der Waals surface area contributed by atoms with Gasteiger partial charge in [-0.15, -0.1) is 22.7 Å². The van der Waals surface area contributed by atoms with Crippen molar-refractivity contribution >= 4 is 33.6 Å². The summed E-state index contributed by atoms with van der Waals surface area (Å²) in [6, 6.07) is 2.20. The number of amides is 1. The molecule has 0 saturated carbocycles. The van der Waals surface area contributed by atoms with E-state index >= 15 is 0 Å². The van der Waals surface area contributed by atoms with Crippen LogP contribution in [0.25, 0.3) is 0 Å². The first kappa shape index (κ1) is 15.4. The molecular weight excluding hydrogens is 324 g/mol. The van der Waals surface area contributed by atoms with Gasteiger partial charge in [0.1, 0.15) is 0 Å². The zero-order chi connectivity index (χ0) is 15.8. The Kier molecular flexibility index (Phi) is 4.26. The average Bonchev–Trinajstić information content (AvgIpc) is 3.12. The molecule has 0 saturated heterocycles. The number of carbonyl (C=O) groups is 1. The molecule has 0 fully saturated rings. The van der Waals surface area contributed by atoms with Crippen LogP contribution in [0.1, 0.15) is 39.3 Å². The molecule has 2 aromatic heterocycles. The van der Waals surface area contributed by atoms with E-state index in [1.54, 1.807) is 11.3 Å². The molecule has 1 N–H and O–H groups in total. The third kappa shape index (κ3) is 3.10. The van der Waals surface area contributed by atoms with Crippen LogP contribution in [0.4, 0.5) is 5.00 Å². The number of aryl methyl sites for hydroxylation is 1. The molecular formula is C18H22N2OS2. The van der Waals surface area contributed by atoms with Crippen molar-refractivity contribution in [1.82, 2.24) is 4.90 Å². The fourth-order valence-electron chi connectivity index (χ4n) is 3.65. The molecule has 1 aliphatic heterocycles. The lowest BCUT2D eigenvalue weighted by atomic mass is 9.96. The first-order chi connectivity index (χ1) is 11.2. The topological polar surface area (TPSA) is 32.3 Å². The highest BCUT2D eigenvalue weighted by atomic mass is 32.1. The highest BCUT2D eigenvalue weighted by Gasteiger charge is 2.22. The van der Waals surface area contributed by atoms with Crippen LogP contribution in [-0.2, 0) is 30.6 Å². The smallest absolute Gasteiger partial charge is 0.239 e. The van der Waals surface area contributed by atoms with Crippen LogP contribution in [-0.4, -0.2) is 23.9 Å². The van der Waals surface area contributed by atoms with Gasteiger partial charge in [0.2, 0.25) is 5.91 Å². The minimum atomic E-state index is 0.130. The van der Waals surface area contributed by atoms with Gasteiger partial charge < -0.3 is 5.32 Å².